The summed E-state index contributed by atoms with van der Waals surface area (Å²) in [5.74, 6) is -0.621. The highest BCUT2D eigenvalue weighted by atomic mass is 79.9. The molecule has 0 saturated heterocycles. The predicted molar refractivity (Wildman–Crippen MR) is 139 cm³/mol. The molecule has 4 rings (SSSR count). The van der Waals surface area contributed by atoms with E-state index in [9.17, 15) is 14.7 Å². The molecule has 1 aromatic heterocycles. The van der Waals surface area contributed by atoms with Gasteiger partial charge in [-0.3, -0.25) is 4.79 Å². The molecule has 0 unspecified atom stereocenters. The van der Waals surface area contributed by atoms with E-state index in [1.54, 1.807) is 91.0 Å². The molecule has 1 amide bonds. The highest BCUT2D eigenvalue weighted by molar-refractivity contribution is 9.10. The van der Waals surface area contributed by atoms with Crippen LogP contribution in [0.4, 0.5) is 0 Å². The van der Waals surface area contributed by atoms with Gasteiger partial charge < -0.3 is 14.3 Å². The maximum Gasteiger partial charge on any atom is 0.336 e. The fourth-order valence-electron chi connectivity index (χ4n) is 3.42. The van der Waals surface area contributed by atoms with Crippen molar-refractivity contribution in [3.05, 3.63) is 130 Å². The van der Waals surface area contributed by atoms with Crippen molar-refractivity contribution in [3.63, 3.8) is 0 Å². The number of ether oxygens (including phenoxy) is 1. The van der Waals surface area contributed by atoms with E-state index >= 15 is 0 Å². The van der Waals surface area contributed by atoms with Gasteiger partial charge in [0.05, 0.1) is 12.5 Å². The Kier molecular flexibility index (Phi) is 7.89. The van der Waals surface area contributed by atoms with E-state index in [-0.39, 0.29) is 5.75 Å². The Morgan fingerprint density at radius 1 is 0.944 bits per heavy atom. The van der Waals surface area contributed by atoms with Gasteiger partial charge in [0.25, 0.3) is 5.91 Å². The molecule has 1 heterocycles. The van der Waals surface area contributed by atoms with Crippen LogP contribution in [-0.4, -0.2) is 23.2 Å². The normalized spacial score (nSPS) is 11.6. The quantitative estimate of drug-likeness (QED) is 0.106. The lowest BCUT2D eigenvalue weighted by molar-refractivity contribution is -0.136. The third kappa shape index (κ3) is 5.86. The number of aliphatic hydroxyl groups is 1. The summed E-state index contributed by atoms with van der Waals surface area (Å²) in [7, 11) is 0. The first kappa shape index (κ1) is 24.8. The zero-order chi connectivity index (χ0) is 25.4. The molecule has 180 valence electrons. The highest BCUT2D eigenvalue weighted by Gasteiger charge is 2.39. The van der Waals surface area contributed by atoms with Gasteiger partial charge in [0, 0.05) is 16.1 Å². The second-order valence-corrected chi connectivity index (χ2v) is 8.51. The van der Waals surface area contributed by atoms with Gasteiger partial charge in [0.1, 0.15) is 11.5 Å². The minimum absolute atomic E-state index is 0.228. The van der Waals surface area contributed by atoms with Gasteiger partial charge in [-0.25, -0.2) is 10.2 Å². The van der Waals surface area contributed by atoms with E-state index in [1.807, 2.05) is 0 Å². The summed E-state index contributed by atoms with van der Waals surface area (Å²) < 4.78 is 11.3. The standard InChI is InChI=1S/C28H21BrN2O5/c29-23-13-15-25(36-26(32)16-14-24-12-7-17-35-24)20(18-23)19-30-31-27(33)28(34,21-8-3-1-4-9-21)22-10-5-2-6-11-22/h1-19,34H,(H,31,33)/b16-14+,30-19-. The van der Waals surface area contributed by atoms with Crippen LogP contribution in [0, 0.1) is 0 Å². The summed E-state index contributed by atoms with van der Waals surface area (Å²) in [6.45, 7) is 0. The molecule has 36 heavy (non-hydrogen) atoms. The fraction of sp³-hybridized carbons (Fsp3) is 0.0357. The third-order valence-electron chi connectivity index (χ3n) is 5.19. The SMILES string of the molecule is O=C(/C=C/c1ccco1)Oc1ccc(Br)cc1/C=N\NC(=O)C(O)(c1ccccc1)c1ccccc1. The Morgan fingerprint density at radius 2 is 1.61 bits per heavy atom. The lowest BCUT2D eigenvalue weighted by atomic mass is 9.85. The number of hydrogen-bond acceptors (Lipinski definition) is 6. The number of hydrogen-bond donors (Lipinski definition) is 2. The summed E-state index contributed by atoms with van der Waals surface area (Å²) in [6.07, 6.45) is 5.56. The number of rotatable bonds is 8. The Hall–Kier alpha value is -4.27. The van der Waals surface area contributed by atoms with E-state index in [4.69, 9.17) is 9.15 Å². The monoisotopic (exact) mass is 544 g/mol. The van der Waals surface area contributed by atoms with Crippen LogP contribution < -0.4 is 10.2 Å². The lowest BCUT2D eigenvalue weighted by Gasteiger charge is -2.27. The van der Waals surface area contributed by atoms with Crippen molar-refractivity contribution >= 4 is 40.1 Å². The highest BCUT2D eigenvalue weighted by Crippen LogP contribution is 2.30. The number of nitrogens with one attached hydrogen (secondary N) is 1. The van der Waals surface area contributed by atoms with Crippen LogP contribution in [0.5, 0.6) is 5.75 Å². The topological polar surface area (TPSA) is 101 Å². The summed E-state index contributed by atoms with van der Waals surface area (Å²) in [5.41, 5.74) is 1.65. The van der Waals surface area contributed by atoms with Crippen molar-refractivity contribution in [2.75, 3.05) is 0 Å². The van der Waals surface area contributed by atoms with Crippen molar-refractivity contribution in [1.29, 1.82) is 0 Å². The average molecular weight is 545 g/mol. The van der Waals surface area contributed by atoms with Crippen LogP contribution in [0.15, 0.2) is 117 Å². The number of amides is 1. The number of carbonyl (C=O) groups excluding carboxylic acids is 2. The largest absolute Gasteiger partial charge is 0.465 e. The molecule has 0 aliphatic rings. The Morgan fingerprint density at radius 3 is 2.22 bits per heavy atom. The molecule has 2 N–H and O–H groups in total. The molecule has 0 saturated carbocycles. The van der Waals surface area contributed by atoms with Crippen molar-refractivity contribution in [3.8, 4) is 5.75 Å². The summed E-state index contributed by atoms with van der Waals surface area (Å²) in [5, 5.41) is 15.5. The van der Waals surface area contributed by atoms with Crippen LogP contribution in [0.25, 0.3) is 6.08 Å². The summed E-state index contributed by atoms with van der Waals surface area (Å²) in [4.78, 5) is 25.5. The molecule has 0 bridgehead atoms. The van der Waals surface area contributed by atoms with Gasteiger partial charge >= 0.3 is 5.97 Å². The molecule has 0 radical (unpaired) electrons. The molecule has 0 aliphatic heterocycles. The van der Waals surface area contributed by atoms with Gasteiger partial charge in [-0.1, -0.05) is 76.6 Å². The van der Waals surface area contributed by atoms with Crippen LogP contribution in [0.1, 0.15) is 22.5 Å². The zero-order valence-electron chi connectivity index (χ0n) is 18.9. The third-order valence-corrected chi connectivity index (χ3v) is 5.68. The van der Waals surface area contributed by atoms with E-state index in [1.165, 1.54) is 24.6 Å². The first-order valence-corrected chi connectivity index (χ1v) is 11.7. The van der Waals surface area contributed by atoms with E-state index in [0.29, 0.717) is 26.9 Å². The maximum atomic E-state index is 13.2. The number of esters is 1. The maximum absolute atomic E-state index is 13.2. The van der Waals surface area contributed by atoms with Gasteiger partial charge in [-0.05, 0) is 47.5 Å². The van der Waals surface area contributed by atoms with Crippen LogP contribution in [0.3, 0.4) is 0 Å². The lowest BCUT2D eigenvalue weighted by Crippen LogP contribution is -2.43. The number of benzene rings is 3. The Bertz CT molecular complexity index is 1340. The van der Waals surface area contributed by atoms with Crippen LogP contribution in [-0.2, 0) is 15.2 Å². The van der Waals surface area contributed by atoms with Crippen molar-refractivity contribution in [1.82, 2.24) is 5.43 Å². The first-order chi connectivity index (χ1) is 17.5. The van der Waals surface area contributed by atoms with E-state index in [0.717, 1.165) is 0 Å². The molecule has 0 spiro atoms. The Labute approximate surface area is 215 Å². The van der Waals surface area contributed by atoms with Crippen molar-refractivity contribution in [2.24, 2.45) is 5.10 Å². The summed E-state index contributed by atoms with van der Waals surface area (Å²) >= 11 is 3.38. The molecule has 4 aromatic rings. The van der Waals surface area contributed by atoms with E-state index < -0.39 is 17.5 Å². The van der Waals surface area contributed by atoms with Crippen molar-refractivity contribution < 1.29 is 23.8 Å². The smallest absolute Gasteiger partial charge is 0.336 e. The van der Waals surface area contributed by atoms with Gasteiger partial charge in [-0.2, -0.15) is 5.10 Å². The zero-order valence-corrected chi connectivity index (χ0v) is 20.5. The average Bonchev–Trinajstić information content (AvgIpc) is 3.43. The van der Waals surface area contributed by atoms with Crippen LogP contribution in [0.2, 0.25) is 0 Å². The number of hydrazone groups is 1. The number of furan rings is 1. The van der Waals surface area contributed by atoms with Gasteiger partial charge in [0.15, 0.2) is 5.60 Å². The predicted octanol–water partition coefficient (Wildman–Crippen LogP) is 5.05. The Balaban J connectivity index is 1.53. The molecular weight excluding hydrogens is 524 g/mol. The van der Waals surface area contributed by atoms with E-state index in [2.05, 4.69) is 26.5 Å². The van der Waals surface area contributed by atoms with Crippen LogP contribution >= 0.6 is 15.9 Å². The number of carbonyl (C=O) groups is 2. The molecule has 0 fully saturated rings. The van der Waals surface area contributed by atoms with Gasteiger partial charge in [-0.15, -0.1) is 0 Å². The minimum atomic E-state index is -1.97. The molecule has 0 aliphatic carbocycles. The number of nitrogens with zero attached hydrogens (tertiary/aromatic N) is 1. The van der Waals surface area contributed by atoms with Gasteiger partial charge in [0.2, 0.25) is 0 Å². The molecule has 7 nitrogen and oxygen atoms in total. The van der Waals surface area contributed by atoms with Crippen molar-refractivity contribution in [2.45, 2.75) is 5.60 Å². The fourth-order valence-corrected chi connectivity index (χ4v) is 3.80. The molecule has 3 aromatic carbocycles. The molecule has 0 atom stereocenters. The summed E-state index contributed by atoms with van der Waals surface area (Å²) in [6, 6.07) is 25.6. The first-order valence-electron chi connectivity index (χ1n) is 10.9. The molecule has 8 heteroatoms. The second kappa shape index (κ2) is 11.4. The number of halogens is 1. The minimum Gasteiger partial charge on any atom is -0.465 e. The molecular formula is C28H21BrN2O5. The second-order valence-electron chi connectivity index (χ2n) is 7.59.